The van der Waals surface area contributed by atoms with Crippen molar-refractivity contribution in [3.63, 3.8) is 0 Å². The summed E-state index contributed by atoms with van der Waals surface area (Å²) in [5.74, 6) is -0.0402. The van der Waals surface area contributed by atoms with Crippen LogP contribution in [-0.4, -0.2) is 21.4 Å². The molecule has 1 aromatic heterocycles. The van der Waals surface area contributed by atoms with Gasteiger partial charge in [0.1, 0.15) is 0 Å². The molecule has 0 aliphatic rings. The quantitative estimate of drug-likeness (QED) is 0.590. The molecule has 1 N–H and O–H groups in total. The SMILES string of the molecule is Cc1cccc(-c2nnc(S[C@@H](C)C(=O)Nc3ccc(C(F)(F)F)cc3)o2)c1. The van der Waals surface area contributed by atoms with Gasteiger partial charge in [-0.1, -0.05) is 29.5 Å². The molecule has 1 amide bonds. The highest BCUT2D eigenvalue weighted by molar-refractivity contribution is 8.00. The Labute approximate surface area is 163 Å². The van der Waals surface area contributed by atoms with E-state index in [4.69, 9.17) is 4.42 Å². The van der Waals surface area contributed by atoms with Gasteiger partial charge in [0, 0.05) is 11.3 Å². The van der Waals surface area contributed by atoms with Crippen LogP contribution in [0.25, 0.3) is 11.5 Å². The zero-order valence-corrected chi connectivity index (χ0v) is 15.8. The zero-order chi connectivity index (χ0) is 20.3. The number of carbonyl (C=O) groups excluding carboxylic acids is 1. The summed E-state index contributed by atoms with van der Waals surface area (Å²) >= 11 is 1.07. The van der Waals surface area contributed by atoms with Crippen LogP contribution in [0.1, 0.15) is 18.1 Å². The smallest absolute Gasteiger partial charge is 0.411 e. The van der Waals surface area contributed by atoms with E-state index in [0.717, 1.165) is 35.0 Å². The molecule has 9 heteroatoms. The van der Waals surface area contributed by atoms with E-state index in [9.17, 15) is 18.0 Å². The topological polar surface area (TPSA) is 68.0 Å². The first-order valence-electron chi connectivity index (χ1n) is 8.28. The lowest BCUT2D eigenvalue weighted by atomic mass is 10.1. The van der Waals surface area contributed by atoms with Crippen LogP contribution in [0.5, 0.6) is 0 Å². The maximum absolute atomic E-state index is 12.6. The van der Waals surface area contributed by atoms with Crippen molar-refractivity contribution in [2.45, 2.75) is 30.5 Å². The second-order valence-electron chi connectivity index (χ2n) is 6.07. The van der Waals surface area contributed by atoms with E-state index < -0.39 is 17.0 Å². The van der Waals surface area contributed by atoms with Gasteiger partial charge in [0.25, 0.3) is 5.22 Å². The summed E-state index contributed by atoms with van der Waals surface area (Å²) in [6.07, 6.45) is -4.42. The van der Waals surface area contributed by atoms with Crippen molar-refractivity contribution >= 4 is 23.4 Å². The van der Waals surface area contributed by atoms with Crippen molar-refractivity contribution in [3.8, 4) is 11.5 Å². The maximum atomic E-state index is 12.6. The molecule has 0 spiro atoms. The van der Waals surface area contributed by atoms with Gasteiger partial charge in [-0.3, -0.25) is 4.79 Å². The van der Waals surface area contributed by atoms with Crippen molar-refractivity contribution in [1.29, 1.82) is 0 Å². The van der Waals surface area contributed by atoms with E-state index in [0.29, 0.717) is 5.89 Å². The van der Waals surface area contributed by atoms with Gasteiger partial charge in [0.15, 0.2) is 0 Å². The Bertz CT molecular complexity index is 971. The Morgan fingerprint density at radius 2 is 1.86 bits per heavy atom. The van der Waals surface area contributed by atoms with Gasteiger partial charge >= 0.3 is 6.18 Å². The number of anilines is 1. The first kappa shape index (κ1) is 19.9. The Balaban J connectivity index is 1.61. The third-order valence-electron chi connectivity index (χ3n) is 3.80. The number of hydrogen-bond acceptors (Lipinski definition) is 5. The van der Waals surface area contributed by atoms with Gasteiger partial charge in [-0.2, -0.15) is 13.2 Å². The molecule has 0 unspecified atom stereocenters. The molecule has 0 fully saturated rings. The molecule has 3 rings (SSSR count). The van der Waals surface area contributed by atoms with E-state index in [1.54, 1.807) is 6.92 Å². The normalized spacial score (nSPS) is 12.6. The van der Waals surface area contributed by atoms with Crippen LogP contribution < -0.4 is 5.32 Å². The van der Waals surface area contributed by atoms with Crippen LogP contribution in [0, 0.1) is 6.92 Å². The summed E-state index contributed by atoms with van der Waals surface area (Å²) in [5, 5.41) is 10.1. The Kier molecular flexibility index (Phi) is 5.73. The second-order valence-corrected chi connectivity index (χ2v) is 7.36. The largest absolute Gasteiger partial charge is 0.416 e. The van der Waals surface area contributed by atoms with Crippen molar-refractivity contribution in [2.24, 2.45) is 0 Å². The number of rotatable bonds is 5. The van der Waals surface area contributed by atoms with E-state index >= 15 is 0 Å². The highest BCUT2D eigenvalue weighted by Crippen LogP contribution is 2.30. The second kappa shape index (κ2) is 8.05. The molecule has 1 heterocycles. The standard InChI is InChI=1S/C19H16F3N3O2S/c1-11-4-3-5-13(10-11)17-24-25-18(27-17)28-12(2)16(26)23-15-8-6-14(7-9-15)19(20,21)22/h3-10,12H,1-2H3,(H,23,26)/t12-/m0/s1. The number of thioether (sulfide) groups is 1. The molecule has 0 radical (unpaired) electrons. The molecule has 3 aromatic rings. The molecule has 1 atom stereocenters. The average molecular weight is 407 g/mol. The fourth-order valence-electron chi connectivity index (χ4n) is 2.34. The van der Waals surface area contributed by atoms with Crippen LogP contribution in [0.2, 0.25) is 0 Å². The molecule has 146 valence electrons. The van der Waals surface area contributed by atoms with Crippen molar-refractivity contribution in [2.75, 3.05) is 5.32 Å². The minimum atomic E-state index is -4.42. The van der Waals surface area contributed by atoms with Crippen LogP contribution in [0.3, 0.4) is 0 Å². The lowest BCUT2D eigenvalue weighted by molar-refractivity contribution is -0.137. The van der Waals surface area contributed by atoms with Gasteiger partial charge in [-0.05, 0) is 50.2 Å². The number of hydrogen-bond donors (Lipinski definition) is 1. The Morgan fingerprint density at radius 3 is 2.50 bits per heavy atom. The molecular weight excluding hydrogens is 391 g/mol. The van der Waals surface area contributed by atoms with Gasteiger partial charge in [-0.15, -0.1) is 10.2 Å². The number of benzene rings is 2. The number of nitrogens with zero attached hydrogens (tertiary/aromatic N) is 2. The number of nitrogens with one attached hydrogen (secondary N) is 1. The summed E-state index contributed by atoms with van der Waals surface area (Å²) < 4.78 is 43.3. The maximum Gasteiger partial charge on any atom is 0.416 e. The molecule has 0 saturated carbocycles. The monoisotopic (exact) mass is 407 g/mol. The van der Waals surface area contributed by atoms with Crippen LogP contribution in [0.4, 0.5) is 18.9 Å². The van der Waals surface area contributed by atoms with Gasteiger partial charge in [0.05, 0.1) is 10.8 Å². The molecular formula is C19H16F3N3O2S. The van der Waals surface area contributed by atoms with Gasteiger partial charge in [0.2, 0.25) is 11.8 Å². The molecule has 0 aliphatic heterocycles. The third kappa shape index (κ3) is 4.92. The lowest BCUT2D eigenvalue weighted by Crippen LogP contribution is -2.22. The number of alkyl halides is 3. The average Bonchev–Trinajstić information content (AvgIpc) is 3.10. The Morgan fingerprint density at radius 1 is 1.14 bits per heavy atom. The first-order valence-corrected chi connectivity index (χ1v) is 9.15. The van der Waals surface area contributed by atoms with Crippen LogP contribution in [-0.2, 0) is 11.0 Å². The molecule has 0 bridgehead atoms. The summed E-state index contributed by atoms with van der Waals surface area (Å²) in [5.41, 5.74) is 1.33. The van der Waals surface area contributed by atoms with E-state index in [-0.39, 0.29) is 16.8 Å². The Hall–Kier alpha value is -2.81. The predicted molar refractivity (Wildman–Crippen MR) is 99.9 cm³/mol. The van der Waals surface area contributed by atoms with Crippen molar-refractivity contribution < 1.29 is 22.4 Å². The van der Waals surface area contributed by atoms with Gasteiger partial charge in [-0.25, -0.2) is 0 Å². The van der Waals surface area contributed by atoms with E-state index in [2.05, 4.69) is 15.5 Å². The van der Waals surface area contributed by atoms with Crippen molar-refractivity contribution in [1.82, 2.24) is 10.2 Å². The van der Waals surface area contributed by atoms with E-state index in [1.807, 2.05) is 31.2 Å². The van der Waals surface area contributed by atoms with Crippen LogP contribution >= 0.6 is 11.8 Å². The van der Waals surface area contributed by atoms with E-state index in [1.165, 1.54) is 12.1 Å². The predicted octanol–water partition coefficient (Wildman–Crippen LogP) is 5.18. The minimum Gasteiger partial charge on any atom is -0.411 e. The number of carbonyl (C=O) groups is 1. The molecule has 28 heavy (non-hydrogen) atoms. The number of aryl methyl sites for hydroxylation is 1. The third-order valence-corrected chi connectivity index (χ3v) is 4.73. The fraction of sp³-hybridized carbons (Fsp3) is 0.211. The fourth-order valence-corrected chi connectivity index (χ4v) is 3.03. The zero-order valence-electron chi connectivity index (χ0n) is 14.9. The highest BCUT2D eigenvalue weighted by Gasteiger charge is 2.30. The summed E-state index contributed by atoms with van der Waals surface area (Å²) in [6.45, 7) is 3.59. The minimum absolute atomic E-state index is 0.228. The molecule has 0 saturated heterocycles. The van der Waals surface area contributed by atoms with Crippen LogP contribution in [0.15, 0.2) is 58.2 Å². The summed E-state index contributed by atoms with van der Waals surface area (Å²) in [4.78, 5) is 12.3. The number of halogens is 3. The molecule has 0 aliphatic carbocycles. The lowest BCUT2D eigenvalue weighted by Gasteiger charge is -2.11. The first-order chi connectivity index (χ1) is 13.2. The number of amides is 1. The molecule has 2 aromatic carbocycles. The summed E-state index contributed by atoms with van der Waals surface area (Å²) in [6, 6.07) is 11.8. The summed E-state index contributed by atoms with van der Waals surface area (Å²) in [7, 11) is 0. The van der Waals surface area contributed by atoms with Crippen molar-refractivity contribution in [3.05, 3.63) is 59.7 Å². The number of aromatic nitrogens is 2. The van der Waals surface area contributed by atoms with Gasteiger partial charge < -0.3 is 9.73 Å². The molecule has 5 nitrogen and oxygen atoms in total. The highest BCUT2D eigenvalue weighted by atomic mass is 32.2.